The Morgan fingerprint density at radius 2 is 1.76 bits per heavy atom. The van der Waals surface area contributed by atoms with Crippen molar-refractivity contribution in [2.45, 2.75) is 0 Å². The summed E-state index contributed by atoms with van der Waals surface area (Å²) >= 11 is 0. The molecule has 2 aromatic carbocycles. The van der Waals surface area contributed by atoms with Crippen molar-refractivity contribution in [3.8, 4) is 11.5 Å². The number of ether oxygens (including phenoxy) is 3. The van der Waals surface area contributed by atoms with Crippen molar-refractivity contribution >= 4 is 23.9 Å². The van der Waals surface area contributed by atoms with Crippen LogP contribution < -0.4 is 14.8 Å². The van der Waals surface area contributed by atoms with Crippen molar-refractivity contribution in [1.29, 1.82) is 0 Å². The molecule has 7 heteroatoms. The van der Waals surface area contributed by atoms with E-state index in [4.69, 9.17) is 14.2 Å². The Bertz CT molecular complexity index is 770. The first-order valence-electron chi connectivity index (χ1n) is 7.31. The molecule has 0 spiro atoms. The van der Waals surface area contributed by atoms with Gasteiger partial charge in [-0.3, -0.25) is 9.59 Å². The molecule has 7 nitrogen and oxygen atoms in total. The molecule has 0 radical (unpaired) electrons. The average molecular weight is 343 g/mol. The topological polar surface area (TPSA) is 90.9 Å². The summed E-state index contributed by atoms with van der Waals surface area (Å²) < 4.78 is 15.2. The summed E-state index contributed by atoms with van der Waals surface area (Å²) in [5, 5.41) is 2.59. The minimum absolute atomic E-state index is 0.248. The van der Waals surface area contributed by atoms with Gasteiger partial charge in [0.1, 0.15) is 17.8 Å². The molecule has 0 aliphatic heterocycles. The van der Waals surface area contributed by atoms with Crippen molar-refractivity contribution in [3.05, 3.63) is 53.6 Å². The molecule has 0 bridgehead atoms. The van der Waals surface area contributed by atoms with Gasteiger partial charge in [-0.2, -0.15) is 0 Å². The highest BCUT2D eigenvalue weighted by molar-refractivity contribution is 5.96. The molecule has 0 saturated carbocycles. The van der Waals surface area contributed by atoms with Crippen molar-refractivity contribution < 1.29 is 28.6 Å². The lowest BCUT2D eigenvalue weighted by atomic mass is 10.1. The van der Waals surface area contributed by atoms with Gasteiger partial charge in [-0.15, -0.1) is 0 Å². The van der Waals surface area contributed by atoms with Crippen LogP contribution in [0.15, 0.2) is 42.5 Å². The van der Waals surface area contributed by atoms with Gasteiger partial charge in [0.05, 0.1) is 25.5 Å². The molecule has 25 heavy (non-hydrogen) atoms. The second kappa shape index (κ2) is 8.49. The van der Waals surface area contributed by atoms with E-state index >= 15 is 0 Å². The minimum Gasteiger partial charge on any atom is -0.497 e. The lowest BCUT2D eigenvalue weighted by Crippen LogP contribution is -2.21. The maximum absolute atomic E-state index is 12.0. The van der Waals surface area contributed by atoms with Gasteiger partial charge in [0, 0.05) is 11.6 Å². The van der Waals surface area contributed by atoms with Crippen LogP contribution in [-0.4, -0.2) is 39.0 Å². The highest BCUT2D eigenvalue weighted by Gasteiger charge is 2.13. The Balaban J connectivity index is 1.96. The second-order valence-electron chi connectivity index (χ2n) is 4.93. The van der Waals surface area contributed by atoms with Gasteiger partial charge in [-0.05, 0) is 24.3 Å². The maximum Gasteiger partial charge on any atom is 0.338 e. The molecule has 0 aliphatic carbocycles. The number of hydrogen-bond acceptors (Lipinski definition) is 6. The van der Waals surface area contributed by atoms with E-state index < -0.39 is 18.5 Å². The monoisotopic (exact) mass is 343 g/mol. The molecule has 0 aliphatic rings. The third-order valence-corrected chi connectivity index (χ3v) is 3.30. The average Bonchev–Trinajstić information content (AvgIpc) is 2.66. The zero-order chi connectivity index (χ0) is 18.2. The Hall–Kier alpha value is -3.35. The summed E-state index contributed by atoms with van der Waals surface area (Å²) in [7, 11) is 2.98. The fourth-order valence-electron chi connectivity index (χ4n) is 2.01. The fourth-order valence-corrected chi connectivity index (χ4v) is 2.01. The van der Waals surface area contributed by atoms with E-state index in [1.54, 1.807) is 18.2 Å². The van der Waals surface area contributed by atoms with Crippen molar-refractivity contribution in [2.75, 3.05) is 26.1 Å². The van der Waals surface area contributed by atoms with E-state index in [2.05, 4.69) is 5.32 Å². The SMILES string of the molecule is COc1ccc(OC)c(NC(=O)COC(=O)c2ccc(C=O)cc2)c1. The zero-order valence-electron chi connectivity index (χ0n) is 13.8. The summed E-state index contributed by atoms with van der Waals surface area (Å²) in [6.07, 6.45) is 0.671. The molecule has 0 heterocycles. The summed E-state index contributed by atoms with van der Waals surface area (Å²) in [5.74, 6) is -0.192. The first-order chi connectivity index (χ1) is 12.1. The maximum atomic E-state index is 12.0. The molecule has 2 rings (SSSR count). The van der Waals surface area contributed by atoms with Crippen LogP contribution in [0.3, 0.4) is 0 Å². The Morgan fingerprint density at radius 3 is 2.36 bits per heavy atom. The number of benzene rings is 2. The number of methoxy groups -OCH3 is 2. The number of hydrogen-bond donors (Lipinski definition) is 1. The number of aldehydes is 1. The van der Waals surface area contributed by atoms with Gasteiger partial charge in [0.15, 0.2) is 6.61 Å². The number of carbonyl (C=O) groups is 3. The normalized spacial score (nSPS) is 9.84. The van der Waals surface area contributed by atoms with Crippen LogP contribution in [0, 0.1) is 0 Å². The quantitative estimate of drug-likeness (QED) is 0.613. The van der Waals surface area contributed by atoms with Gasteiger partial charge in [0.2, 0.25) is 0 Å². The largest absolute Gasteiger partial charge is 0.497 e. The first-order valence-corrected chi connectivity index (χ1v) is 7.31. The predicted octanol–water partition coefficient (Wildman–Crippen LogP) is 2.31. The van der Waals surface area contributed by atoms with Crippen molar-refractivity contribution in [1.82, 2.24) is 0 Å². The van der Waals surface area contributed by atoms with E-state index in [-0.39, 0.29) is 5.56 Å². The molecular formula is C18H17NO6. The lowest BCUT2D eigenvalue weighted by molar-refractivity contribution is -0.119. The number of nitrogens with one attached hydrogen (secondary N) is 1. The van der Waals surface area contributed by atoms with Gasteiger partial charge >= 0.3 is 5.97 Å². The molecule has 1 N–H and O–H groups in total. The number of amides is 1. The molecule has 0 aromatic heterocycles. The second-order valence-corrected chi connectivity index (χ2v) is 4.93. The summed E-state index contributed by atoms with van der Waals surface area (Å²) in [6.45, 7) is -0.464. The van der Waals surface area contributed by atoms with Crippen LogP contribution in [0.25, 0.3) is 0 Å². The van der Waals surface area contributed by atoms with E-state index in [1.165, 1.54) is 38.5 Å². The molecule has 1 amide bonds. The molecule has 0 fully saturated rings. The Labute approximate surface area is 144 Å². The Morgan fingerprint density at radius 1 is 1.04 bits per heavy atom. The standard InChI is InChI=1S/C18H17NO6/c1-23-14-7-8-16(24-2)15(9-14)19-17(21)11-25-18(22)13-5-3-12(10-20)4-6-13/h3-10H,11H2,1-2H3,(H,19,21). The molecule has 130 valence electrons. The minimum atomic E-state index is -0.662. The van der Waals surface area contributed by atoms with Crippen LogP contribution in [0.1, 0.15) is 20.7 Å². The number of carbonyl (C=O) groups excluding carboxylic acids is 3. The van der Waals surface area contributed by atoms with Gasteiger partial charge in [-0.1, -0.05) is 12.1 Å². The first kappa shape index (κ1) is 18.0. The molecule has 0 unspecified atom stereocenters. The van der Waals surface area contributed by atoms with Gasteiger partial charge in [0.25, 0.3) is 5.91 Å². The number of rotatable bonds is 7. The fraction of sp³-hybridized carbons (Fsp3) is 0.167. The van der Waals surface area contributed by atoms with Crippen molar-refractivity contribution in [3.63, 3.8) is 0 Å². The molecule has 0 atom stereocenters. The third kappa shape index (κ3) is 4.81. The Kier molecular flexibility index (Phi) is 6.11. The van der Waals surface area contributed by atoms with E-state index in [1.807, 2.05) is 0 Å². The van der Waals surface area contributed by atoms with Gasteiger partial charge in [-0.25, -0.2) is 4.79 Å². The molecule has 0 saturated heterocycles. The summed E-state index contributed by atoms with van der Waals surface area (Å²) in [6, 6.07) is 10.8. The lowest BCUT2D eigenvalue weighted by Gasteiger charge is -2.12. The molecule has 2 aromatic rings. The van der Waals surface area contributed by atoms with E-state index in [0.29, 0.717) is 29.0 Å². The van der Waals surface area contributed by atoms with Crippen LogP contribution in [0.2, 0.25) is 0 Å². The highest BCUT2D eigenvalue weighted by Crippen LogP contribution is 2.28. The third-order valence-electron chi connectivity index (χ3n) is 3.30. The predicted molar refractivity (Wildman–Crippen MR) is 90.3 cm³/mol. The van der Waals surface area contributed by atoms with Crippen molar-refractivity contribution in [2.24, 2.45) is 0 Å². The molecular weight excluding hydrogens is 326 g/mol. The van der Waals surface area contributed by atoms with Crippen LogP contribution in [0.5, 0.6) is 11.5 Å². The van der Waals surface area contributed by atoms with E-state index in [9.17, 15) is 14.4 Å². The van der Waals surface area contributed by atoms with Crippen LogP contribution in [-0.2, 0) is 9.53 Å². The van der Waals surface area contributed by atoms with Crippen LogP contribution >= 0.6 is 0 Å². The van der Waals surface area contributed by atoms with Crippen LogP contribution in [0.4, 0.5) is 5.69 Å². The summed E-state index contributed by atoms with van der Waals surface area (Å²) in [5.41, 5.74) is 1.09. The van der Waals surface area contributed by atoms with Gasteiger partial charge < -0.3 is 19.5 Å². The summed E-state index contributed by atoms with van der Waals surface area (Å²) in [4.78, 5) is 34.5. The smallest absolute Gasteiger partial charge is 0.338 e. The van der Waals surface area contributed by atoms with E-state index in [0.717, 1.165) is 0 Å². The number of esters is 1. The highest BCUT2D eigenvalue weighted by atomic mass is 16.5. The number of anilines is 1. The zero-order valence-corrected chi connectivity index (χ0v) is 13.8.